The van der Waals surface area contributed by atoms with E-state index < -0.39 is 0 Å². The monoisotopic (exact) mass is 915 g/mol. The first-order chi connectivity index (χ1) is 33.8. The van der Waals surface area contributed by atoms with Crippen LogP contribution in [0.2, 0.25) is 0 Å². The number of amides is 1. The van der Waals surface area contributed by atoms with Gasteiger partial charge in [-0.15, -0.1) is 0 Å². The number of carbonyl (C=O) groups is 1. The average molecular weight is 915 g/mol. The quantitative estimate of drug-likeness (QED) is 0.0769. The predicted molar refractivity (Wildman–Crippen MR) is 283 cm³/mol. The number of rotatable bonds is 18. The number of H-pyrrole nitrogens is 1. The molecule has 9 heteroatoms. The summed E-state index contributed by atoms with van der Waals surface area (Å²) in [5.74, 6) is 0.0610. The Bertz CT molecular complexity index is 2920. The number of benzene rings is 1. The van der Waals surface area contributed by atoms with Gasteiger partial charge in [-0.1, -0.05) is 96.1 Å². The largest absolute Gasteiger partial charge is 0.357 e. The van der Waals surface area contributed by atoms with E-state index in [1.165, 1.54) is 70.6 Å². The highest BCUT2D eigenvalue weighted by molar-refractivity contribution is 6.36. The zero-order chi connectivity index (χ0) is 47.5. The summed E-state index contributed by atoms with van der Waals surface area (Å²) >= 11 is 0. The molecule has 69 heavy (non-hydrogen) atoms. The third-order valence-corrected chi connectivity index (χ3v) is 13.4. The highest BCUT2D eigenvalue weighted by atomic mass is 16.1. The number of hydrogen-bond donors (Lipinski definition) is 2. The number of nitrogens with one attached hydrogen (secondary N) is 2. The fourth-order valence-corrected chi connectivity index (χ4v) is 9.60. The van der Waals surface area contributed by atoms with E-state index in [4.69, 9.17) is 15.0 Å². The molecule has 0 unspecified atom stereocenters. The molecular weight excluding hydrogens is 849 g/mol. The number of carbonyl (C=O) groups excluding carboxylic acids is 1. The number of pyridine rings is 2. The first-order valence-corrected chi connectivity index (χ1v) is 25.2. The van der Waals surface area contributed by atoms with Crippen LogP contribution in [0.5, 0.6) is 0 Å². The molecule has 0 saturated carbocycles. The molecule has 0 radical (unpaired) electrons. The summed E-state index contributed by atoms with van der Waals surface area (Å²) in [5.41, 5.74) is 15.5. The van der Waals surface area contributed by atoms with Gasteiger partial charge in [-0.2, -0.15) is 0 Å². The van der Waals surface area contributed by atoms with E-state index in [0.717, 1.165) is 109 Å². The van der Waals surface area contributed by atoms with Crippen molar-refractivity contribution in [3.8, 4) is 0 Å². The summed E-state index contributed by atoms with van der Waals surface area (Å²) in [7, 11) is 6.08. The molecular formula is C60H66N8O+2. The van der Waals surface area contributed by atoms with Gasteiger partial charge in [0.2, 0.25) is 5.91 Å². The number of aryl methyl sites for hydroxylation is 2. The van der Waals surface area contributed by atoms with Gasteiger partial charge in [-0.05, 0) is 102 Å². The Morgan fingerprint density at radius 3 is 1.42 bits per heavy atom. The van der Waals surface area contributed by atoms with E-state index in [-0.39, 0.29) is 5.91 Å². The molecule has 0 aliphatic carbocycles. The molecule has 1 amide bonds. The predicted octanol–water partition coefficient (Wildman–Crippen LogP) is 12.3. The Morgan fingerprint density at radius 2 is 0.928 bits per heavy atom. The van der Waals surface area contributed by atoms with Crippen LogP contribution in [-0.2, 0) is 18.9 Å². The van der Waals surface area contributed by atoms with Gasteiger partial charge in [0.1, 0.15) is 14.1 Å². The Hall–Kier alpha value is -7.26. The van der Waals surface area contributed by atoms with Crippen LogP contribution in [0.3, 0.4) is 0 Å². The first kappa shape index (κ1) is 46.8. The van der Waals surface area contributed by atoms with Crippen LogP contribution in [0.15, 0.2) is 190 Å². The molecule has 8 heterocycles. The maximum absolute atomic E-state index is 13.2. The molecule has 0 fully saturated rings. The summed E-state index contributed by atoms with van der Waals surface area (Å²) in [6, 6.07) is 21.0. The zero-order valence-corrected chi connectivity index (χ0v) is 40.8. The van der Waals surface area contributed by atoms with Gasteiger partial charge in [0.05, 0.1) is 34.2 Å². The number of hydrogen-bond acceptors (Lipinski definition) is 5. The summed E-state index contributed by atoms with van der Waals surface area (Å²) in [4.78, 5) is 35.3. The van der Waals surface area contributed by atoms with Gasteiger partial charge in [0.15, 0.2) is 24.8 Å². The van der Waals surface area contributed by atoms with Crippen molar-refractivity contribution in [1.82, 2.24) is 9.88 Å². The summed E-state index contributed by atoms with van der Waals surface area (Å²) < 4.78 is 4.08. The Kier molecular flexibility index (Phi) is 15.1. The SMILES string of the molecule is CCCCCCCCCCCCCCCC(=O)Nc1ccc(C2=C3C=CC(=N3)C(c3cc[n+](C)cc3)=C3C=CC(=N3)C(=C3C=CN(C)C=C3)C3=NC(=C(c4cc[n+](C)cc4)c4ccc2[nH]4)C=C3)cc1. The number of nitrogens with zero attached hydrogens (tertiary/aromatic N) is 6. The van der Waals surface area contributed by atoms with Crippen molar-refractivity contribution < 1.29 is 13.9 Å². The van der Waals surface area contributed by atoms with Crippen LogP contribution in [0.4, 0.5) is 5.69 Å². The minimum absolute atomic E-state index is 0.0610. The molecule has 8 bridgehead atoms. The summed E-state index contributed by atoms with van der Waals surface area (Å²) in [6.07, 6.45) is 46.5. The molecule has 0 saturated heterocycles. The molecule has 350 valence electrons. The van der Waals surface area contributed by atoms with Crippen molar-refractivity contribution in [3.05, 3.63) is 203 Å². The lowest BCUT2D eigenvalue weighted by Crippen LogP contribution is -2.26. The molecule has 5 aliphatic heterocycles. The molecule has 9 rings (SSSR count). The molecule has 0 atom stereocenters. The minimum atomic E-state index is 0.0610. The van der Waals surface area contributed by atoms with Crippen LogP contribution >= 0.6 is 0 Å². The highest BCUT2D eigenvalue weighted by Crippen LogP contribution is 2.38. The van der Waals surface area contributed by atoms with Gasteiger partial charge in [-0.3, -0.25) is 4.79 Å². The fourth-order valence-electron chi connectivity index (χ4n) is 9.60. The van der Waals surface area contributed by atoms with Gasteiger partial charge >= 0.3 is 0 Å². The van der Waals surface area contributed by atoms with Gasteiger partial charge < -0.3 is 15.2 Å². The van der Waals surface area contributed by atoms with Crippen LogP contribution in [0, 0.1) is 0 Å². The summed E-state index contributed by atoms with van der Waals surface area (Å²) in [5, 5.41) is 3.17. The van der Waals surface area contributed by atoms with E-state index in [0.29, 0.717) is 6.42 Å². The number of aromatic amines is 1. The second-order valence-electron chi connectivity index (χ2n) is 18.8. The van der Waals surface area contributed by atoms with Crippen LogP contribution in [0.25, 0.3) is 16.7 Å². The number of fused-ring (bicyclic) bond motifs is 5. The van der Waals surface area contributed by atoms with Crippen LogP contribution < -0.4 is 14.5 Å². The number of aliphatic imine (C=N–C) groups is 3. The van der Waals surface area contributed by atoms with Crippen LogP contribution in [-0.4, -0.2) is 40.0 Å². The zero-order valence-electron chi connectivity index (χ0n) is 40.8. The smallest absolute Gasteiger partial charge is 0.224 e. The Labute approximate surface area is 408 Å². The normalized spacial score (nSPS) is 16.1. The Morgan fingerprint density at radius 1 is 0.507 bits per heavy atom. The van der Waals surface area contributed by atoms with Gasteiger partial charge in [-0.25, -0.2) is 24.1 Å². The molecule has 9 nitrogen and oxygen atoms in total. The topological polar surface area (TPSA) is 93.0 Å². The Balaban J connectivity index is 1.03. The van der Waals surface area contributed by atoms with Crippen molar-refractivity contribution >= 4 is 45.4 Å². The van der Waals surface area contributed by atoms with Gasteiger partial charge in [0, 0.05) is 89.5 Å². The lowest BCUT2D eigenvalue weighted by atomic mass is 9.97. The maximum atomic E-state index is 13.2. The van der Waals surface area contributed by atoms with Crippen LogP contribution in [0.1, 0.15) is 125 Å². The number of aromatic nitrogens is 3. The summed E-state index contributed by atoms with van der Waals surface area (Å²) in [6.45, 7) is 2.28. The van der Waals surface area contributed by atoms with E-state index in [2.05, 4.69) is 152 Å². The molecule has 1 aromatic carbocycles. The van der Waals surface area contributed by atoms with E-state index >= 15 is 0 Å². The maximum Gasteiger partial charge on any atom is 0.224 e. The second kappa shape index (κ2) is 22.2. The average Bonchev–Trinajstić information content (AvgIpc) is 4.21. The van der Waals surface area contributed by atoms with Gasteiger partial charge in [0.25, 0.3) is 0 Å². The molecule has 2 N–H and O–H groups in total. The third-order valence-electron chi connectivity index (χ3n) is 13.4. The molecule has 3 aromatic heterocycles. The van der Waals surface area contributed by atoms with Crippen molar-refractivity contribution in [2.45, 2.75) is 96.8 Å². The van der Waals surface area contributed by atoms with Crippen molar-refractivity contribution in [3.63, 3.8) is 0 Å². The molecule has 4 aromatic rings. The molecule has 0 spiro atoms. The molecule has 5 aliphatic rings. The van der Waals surface area contributed by atoms with E-state index in [1.807, 2.05) is 47.3 Å². The second-order valence-corrected chi connectivity index (χ2v) is 18.8. The number of allylic oxidation sites excluding steroid dienone is 11. The lowest BCUT2D eigenvalue weighted by molar-refractivity contribution is -0.671. The van der Waals surface area contributed by atoms with Crippen molar-refractivity contribution in [2.24, 2.45) is 29.1 Å². The lowest BCUT2D eigenvalue weighted by Gasteiger charge is -2.16. The minimum Gasteiger partial charge on any atom is -0.357 e. The standard InChI is InChI=1S/C60H65N8O/c1-5-6-7-8-9-10-11-12-13-14-15-16-17-18-56(69)61-47-21-19-43(20-22-47)57-48-23-25-50(62-48)58(44-31-37-66(2)38-32-44)52-27-29-54(64-52)60(46-35-41-68(4)42-36-46)55-30-28-53(65-55)59(51-26-24-49(57)63-51)45-33-39-67(3)40-34-45/h19-42H,5-18H2,1-4H3,(H-,61,62,63,64,65,69)/q+1/p+1. The highest BCUT2D eigenvalue weighted by Gasteiger charge is 2.27. The van der Waals surface area contributed by atoms with Crippen molar-refractivity contribution in [2.75, 3.05) is 12.4 Å². The van der Waals surface area contributed by atoms with E-state index in [1.54, 1.807) is 0 Å². The first-order valence-electron chi connectivity index (χ1n) is 25.2. The number of unbranched alkanes of at least 4 members (excludes halogenated alkanes) is 12. The fraction of sp³-hybridized carbons (Fsp3) is 0.300. The van der Waals surface area contributed by atoms with Crippen molar-refractivity contribution in [1.29, 1.82) is 0 Å². The number of anilines is 1. The third kappa shape index (κ3) is 11.4. The van der Waals surface area contributed by atoms with E-state index in [9.17, 15) is 4.79 Å².